The minimum Gasteiger partial charge on any atom is -0.481 e. The molecule has 1 heterocycles. The Morgan fingerprint density at radius 1 is 1.64 bits per heavy atom. The standard InChI is InChI=1S/C6H5ClN2O2/c7-5-1-4(2-6(10)11)8-3-9-5/h1,3H,2H2,(H,10,11). The van der Waals surface area contributed by atoms with Crippen LogP contribution in [0, 0.1) is 0 Å². The molecule has 1 N–H and O–H groups in total. The molecule has 0 amide bonds. The van der Waals surface area contributed by atoms with E-state index in [4.69, 9.17) is 16.7 Å². The van der Waals surface area contributed by atoms with Crippen molar-refractivity contribution in [2.24, 2.45) is 0 Å². The summed E-state index contributed by atoms with van der Waals surface area (Å²) >= 11 is 5.48. The van der Waals surface area contributed by atoms with Crippen molar-refractivity contribution in [1.82, 2.24) is 9.97 Å². The molecule has 0 aliphatic carbocycles. The summed E-state index contributed by atoms with van der Waals surface area (Å²) in [5, 5.41) is 8.61. The number of aliphatic carboxylic acids is 1. The zero-order chi connectivity index (χ0) is 8.27. The molecular formula is C6H5ClN2O2. The van der Waals surface area contributed by atoms with Gasteiger partial charge in [0.2, 0.25) is 0 Å². The Labute approximate surface area is 67.9 Å². The fraction of sp³-hybridized carbons (Fsp3) is 0.167. The van der Waals surface area contributed by atoms with Crippen molar-refractivity contribution in [3.8, 4) is 0 Å². The van der Waals surface area contributed by atoms with Crippen molar-refractivity contribution in [2.45, 2.75) is 6.42 Å². The molecule has 0 radical (unpaired) electrons. The number of carboxylic acids is 1. The molecule has 1 aromatic rings. The first-order valence-electron chi connectivity index (χ1n) is 2.86. The molecule has 0 spiro atoms. The Kier molecular flexibility index (Phi) is 2.38. The maximum atomic E-state index is 10.2. The molecule has 0 fully saturated rings. The SMILES string of the molecule is O=C(O)Cc1cc(Cl)ncn1. The first kappa shape index (κ1) is 7.94. The predicted octanol–water partition coefficient (Wildman–Crippen LogP) is 0.757. The molecule has 4 nitrogen and oxygen atoms in total. The number of hydrogen-bond acceptors (Lipinski definition) is 3. The van der Waals surface area contributed by atoms with Crippen molar-refractivity contribution in [1.29, 1.82) is 0 Å². The van der Waals surface area contributed by atoms with E-state index in [0.717, 1.165) is 0 Å². The summed E-state index contributed by atoms with van der Waals surface area (Å²) in [6.45, 7) is 0. The van der Waals surface area contributed by atoms with Crippen LogP contribution >= 0.6 is 11.6 Å². The van der Waals surface area contributed by atoms with Crippen LogP contribution in [0.25, 0.3) is 0 Å². The number of nitrogens with zero attached hydrogens (tertiary/aromatic N) is 2. The van der Waals surface area contributed by atoms with Crippen molar-refractivity contribution >= 4 is 17.6 Å². The lowest BCUT2D eigenvalue weighted by atomic mass is 10.3. The van der Waals surface area contributed by atoms with Crippen LogP contribution < -0.4 is 0 Å². The van der Waals surface area contributed by atoms with E-state index in [2.05, 4.69) is 9.97 Å². The molecule has 1 rings (SSSR count). The Morgan fingerprint density at radius 2 is 2.36 bits per heavy atom. The fourth-order valence-corrected chi connectivity index (χ4v) is 0.791. The quantitative estimate of drug-likeness (QED) is 0.669. The molecule has 0 saturated carbocycles. The number of carbonyl (C=O) groups is 1. The lowest BCUT2D eigenvalue weighted by Crippen LogP contribution is -2.02. The van der Waals surface area contributed by atoms with Gasteiger partial charge in [-0.25, -0.2) is 9.97 Å². The highest BCUT2D eigenvalue weighted by Crippen LogP contribution is 2.04. The van der Waals surface area contributed by atoms with Gasteiger partial charge in [0.05, 0.1) is 12.1 Å². The van der Waals surface area contributed by atoms with Gasteiger partial charge in [-0.1, -0.05) is 11.6 Å². The average Bonchev–Trinajstić information content (AvgIpc) is 1.85. The Morgan fingerprint density at radius 3 is 2.91 bits per heavy atom. The fourth-order valence-electron chi connectivity index (χ4n) is 0.622. The summed E-state index contributed by atoms with van der Waals surface area (Å²) in [6.07, 6.45) is 1.11. The van der Waals surface area contributed by atoms with E-state index in [1.807, 2.05) is 0 Å². The number of hydrogen-bond donors (Lipinski definition) is 1. The summed E-state index contributed by atoms with van der Waals surface area (Å²) in [6, 6.07) is 1.43. The van der Waals surface area contributed by atoms with Gasteiger partial charge >= 0.3 is 5.97 Å². The number of rotatable bonds is 2. The minimum absolute atomic E-state index is 0.123. The summed E-state index contributed by atoms with van der Waals surface area (Å²) in [5.41, 5.74) is 0.414. The second kappa shape index (κ2) is 3.30. The monoisotopic (exact) mass is 172 g/mol. The average molecular weight is 173 g/mol. The van der Waals surface area contributed by atoms with Gasteiger partial charge in [0.1, 0.15) is 11.5 Å². The van der Waals surface area contributed by atoms with E-state index < -0.39 is 5.97 Å². The van der Waals surface area contributed by atoms with E-state index >= 15 is 0 Å². The highest BCUT2D eigenvalue weighted by atomic mass is 35.5. The van der Waals surface area contributed by atoms with Crippen LogP contribution in [-0.4, -0.2) is 21.0 Å². The third-order valence-electron chi connectivity index (χ3n) is 1.02. The number of aromatic nitrogens is 2. The first-order valence-corrected chi connectivity index (χ1v) is 3.24. The van der Waals surface area contributed by atoms with Crippen LogP contribution in [0.4, 0.5) is 0 Å². The highest BCUT2D eigenvalue weighted by Gasteiger charge is 2.01. The third-order valence-corrected chi connectivity index (χ3v) is 1.23. The summed E-state index contributed by atoms with van der Waals surface area (Å²) in [4.78, 5) is 17.5. The Bertz CT molecular complexity index is 277. The lowest BCUT2D eigenvalue weighted by Gasteiger charge is -1.93. The smallest absolute Gasteiger partial charge is 0.309 e. The van der Waals surface area contributed by atoms with E-state index in [1.165, 1.54) is 12.4 Å². The topological polar surface area (TPSA) is 63.1 Å². The molecule has 1 aromatic heterocycles. The number of carboxylic acid groups (broad SMARTS) is 1. The molecule has 0 aliphatic heterocycles. The van der Waals surface area contributed by atoms with Gasteiger partial charge in [-0.05, 0) is 6.07 Å². The van der Waals surface area contributed by atoms with Crippen molar-refractivity contribution in [3.05, 3.63) is 23.2 Å². The van der Waals surface area contributed by atoms with E-state index in [1.54, 1.807) is 0 Å². The zero-order valence-electron chi connectivity index (χ0n) is 5.49. The van der Waals surface area contributed by atoms with Crippen LogP contribution in [0.1, 0.15) is 5.69 Å². The molecule has 11 heavy (non-hydrogen) atoms. The largest absolute Gasteiger partial charge is 0.481 e. The molecule has 0 aliphatic rings. The summed E-state index contributed by atoms with van der Waals surface area (Å²) < 4.78 is 0. The normalized spacial score (nSPS) is 9.55. The van der Waals surface area contributed by atoms with Crippen LogP contribution in [0.5, 0.6) is 0 Å². The highest BCUT2D eigenvalue weighted by molar-refractivity contribution is 6.29. The molecule has 5 heteroatoms. The van der Waals surface area contributed by atoms with E-state index in [9.17, 15) is 4.79 Å². The number of halogens is 1. The molecule has 0 bridgehead atoms. The molecule has 0 atom stereocenters. The van der Waals surface area contributed by atoms with Crippen LogP contribution in [0.15, 0.2) is 12.4 Å². The van der Waals surface area contributed by atoms with E-state index in [-0.39, 0.29) is 11.6 Å². The van der Waals surface area contributed by atoms with Crippen LogP contribution in [0.3, 0.4) is 0 Å². The summed E-state index contributed by atoms with van der Waals surface area (Å²) in [5.74, 6) is -0.931. The second-order valence-electron chi connectivity index (χ2n) is 1.90. The summed E-state index contributed by atoms with van der Waals surface area (Å²) in [7, 11) is 0. The van der Waals surface area contributed by atoms with Crippen LogP contribution in [-0.2, 0) is 11.2 Å². The molecule has 0 saturated heterocycles. The van der Waals surface area contributed by atoms with Gasteiger partial charge in [-0.3, -0.25) is 4.79 Å². The Hall–Kier alpha value is -1.16. The minimum atomic E-state index is -0.931. The van der Waals surface area contributed by atoms with Gasteiger partial charge in [0, 0.05) is 0 Å². The maximum Gasteiger partial charge on any atom is 0.309 e. The Balaban J connectivity index is 2.79. The molecular weight excluding hydrogens is 168 g/mol. The van der Waals surface area contributed by atoms with Crippen LogP contribution in [0.2, 0.25) is 5.15 Å². The zero-order valence-corrected chi connectivity index (χ0v) is 6.25. The second-order valence-corrected chi connectivity index (χ2v) is 2.29. The van der Waals surface area contributed by atoms with Crippen molar-refractivity contribution in [2.75, 3.05) is 0 Å². The van der Waals surface area contributed by atoms with Gasteiger partial charge in [-0.2, -0.15) is 0 Å². The van der Waals surface area contributed by atoms with E-state index in [0.29, 0.717) is 5.69 Å². The van der Waals surface area contributed by atoms with Crippen molar-refractivity contribution in [3.63, 3.8) is 0 Å². The molecule has 0 unspecified atom stereocenters. The molecule has 58 valence electrons. The first-order chi connectivity index (χ1) is 5.18. The maximum absolute atomic E-state index is 10.2. The van der Waals surface area contributed by atoms with Gasteiger partial charge in [-0.15, -0.1) is 0 Å². The van der Waals surface area contributed by atoms with Crippen molar-refractivity contribution < 1.29 is 9.90 Å². The lowest BCUT2D eigenvalue weighted by molar-refractivity contribution is -0.136. The van der Waals surface area contributed by atoms with Gasteiger partial charge in [0.25, 0.3) is 0 Å². The van der Waals surface area contributed by atoms with Gasteiger partial charge < -0.3 is 5.11 Å². The molecule has 0 aromatic carbocycles. The third kappa shape index (κ3) is 2.51. The van der Waals surface area contributed by atoms with Gasteiger partial charge in [0.15, 0.2) is 0 Å². The predicted molar refractivity (Wildman–Crippen MR) is 38.4 cm³/mol.